The lowest BCUT2D eigenvalue weighted by Crippen LogP contribution is -2.04. The van der Waals surface area contributed by atoms with Crippen LogP contribution in [0.5, 0.6) is 11.5 Å². The monoisotopic (exact) mass is 327 g/mol. The third kappa shape index (κ3) is 5.37. The van der Waals surface area contributed by atoms with Gasteiger partial charge in [-0.1, -0.05) is 31.9 Å². The van der Waals surface area contributed by atoms with Gasteiger partial charge in [-0.15, -0.1) is 0 Å². The Morgan fingerprint density at radius 2 is 2.00 bits per heavy atom. The van der Waals surface area contributed by atoms with E-state index in [4.69, 9.17) is 9.47 Å². The number of ether oxygens (including phenoxy) is 2. The van der Waals surface area contributed by atoms with E-state index in [1.807, 2.05) is 24.3 Å². The number of hydrogen-bond acceptors (Lipinski definition) is 4. The van der Waals surface area contributed by atoms with Gasteiger partial charge in [0.1, 0.15) is 5.69 Å². The normalized spacial score (nSPS) is 10.4. The minimum absolute atomic E-state index is 0.0504. The second-order valence-corrected chi connectivity index (χ2v) is 5.68. The fourth-order valence-corrected chi connectivity index (χ4v) is 2.43. The Hall–Kier alpha value is -2.36. The van der Waals surface area contributed by atoms with Gasteiger partial charge >= 0.3 is 0 Å². The van der Waals surface area contributed by atoms with Crippen molar-refractivity contribution in [1.29, 1.82) is 0 Å². The molecule has 0 radical (unpaired) electrons. The van der Waals surface area contributed by atoms with Gasteiger partial charge in [0, 0.05) is 12.6 Å². The molecule has 0 saturated heterocycles. The lowest BCUT2D eigenvalue weighted by Gasteiger charge is -2.12. The quantitative estimate of drug-likeness (QED) is 0.477. The molecule has 1 heterocycles. The highest BCUT2D eigenvalue weighted by Gasteiger charge is 2.10. The molecule has 2 rings (SSSR count). The van der Waals surface area contributed by atoms with Crippen LogP contribution >= 0.6 is 0 Å². The van der Waals surface area contributed by atoms with E-state index in [-0.39, 0.29) is 5.78 Å². The zero-order chi connectivity index (χ0) is 17.2. The smallest absolute Gasteiger partial charge is 0.181 e. The SMILES string of the molecule is CCCCCOc1ccc(CCC(=O)c2ccccn2)cc1OC. The van der Waals surface area contributed by atoms with Crippen LogP contribution in [0.3, 0.4) is 0 Å². The molecule has 0 fully saturated rings. The fraction of sp³-hybridized carbons (Fsp3) is 0.400. The molecular weight excluding hydrogens is 302 g/mol. The van der Waals surface area contributed by atoms with Gasteiger partial charge in [-0.2, -0.15) is 0 Å². The largest absolute Gasteiger partial charge is 0.493 e. The summed E-state index contributed by atoms with van der Waals surface area (Å²) in [5, 5.41) is 0. The summed E-state index contributed by atoms with van der Waals surface area (Å²) in [5.74, 6) is 1.53. The average molecular weight is 327 g/mol. The van der Waals surface area contributed by atoms with Crippen molar-refractivity contribution in [1.82, 2.24) is 4.98 Å². The molecule has 0 saturated carbocycles. The summed E-state index contributed by atoms with van der Waals surface area (Å²) in [7, 11) is 1.64. The first kappa shape index (κ1) is 18.0. The van der Waals surface area contributed by atoms with Crippen LogP contribution in [0.4, 0.5) is 0 Å². The molecule has 128 valence electrons. The van der Waals surface area contributed by atoms with E-state index in [1.165, 1.54) is 6.42 Å². The van der Waals surface area contributed by atoms with E-state index in [9.17, 15) is 4.79 Å². The second kappa shape index (κ2) is 9.71. The summed E-state index contributed by atoms with van der Waals surface area (Å²) < 4.78 is 11.2. The first-order valence-corrected chi connectivity index (χ1v) is 8.48. The van der Waals surface area contributed by atoms with Crippen molar-refractivity contribution in [2.24, 2.45) is 0 Å². The number of carbonyl (C=O) groups is 1. The molecule has 0 atom stereocenters. The van der Waals surface area contributed by atoms with Gasteiger partial charge in [0.25, 0.3) is 0 Å². The maximum atomic E-state index is 12.1. The maximum absolute atomic E-state index is 12.1. The average Bonchev–Trinajstić information content (AvgIpc) is 2.64. The number of benzene rings is 1. The number of aromatic nitrogens is 1. The van der Waals surface area contributed by atoms with Crippen LogP contribution in [0.1, 0.15) is 48.7 Å². The van der Waals surface area contributed by atoms with Crippen molar-refractivity contribution in [2.75, 3.05) is 13.7 Å². The Morgan fingerprint density at radius 1 is 1.12 bits per heavy atom. The summed E-state index contributed by atoms with van der Waals surface area (Å²) in [5.41, 5.74) is 1.57. The summed E-state index contributed by atoms with van der Waals surface area (Å²) in [6.45, 7) is 2.86. The lowest BCUT2D eigenvalue weighted by atomic mass is 10.1. The first-order valence-electron chi connectivity index (χ1n) is 8.48. The molecule has 4 nitrogen and oxygen atoms in total. The van der Waals surface area contributed by atoms with Crippen LogP contribution < -0.4 is 9.47 Å². The number of Topliss-reactive ketones (excluding diaryl/α,β-unsaturated/α-hetero) is 1. The van der Waals surface area contributed by atoms with Crippen molar-refractivity contribution >= 4 is 5.78 Å². The van der Waals surface area contributed by atoms with Crippen molar-refractivity contribution < 1.29 is 14.3 Å². The molecule has 4 heteroatoms. The van der Waals surface area contributed by atoms with Gasteiger partial charge in [-0.25, -0.2) is 0 Å². The number of unbranched alkanes of at least 4 members (excludes halogenated alkanes) is 2. The summed E-state index contributed by atoms with van der Waals surface area (Å²) in [4.78, 5) is 16.2. The summed E-state index contributed by atoms with van der Waals surface area (Å²) in [6.07, 6.45) is 6.10. The first-order chi connectivity index (χ1) is 11.7. The van der Waals surface area contributed by atoms with E-state index in [0.29, 0.717) is 30.9 Å². The highest BCUT2D eigenvalue weighted by molar-refractivity contribution is 5.94. The van der Waals surface area contributed by atoms with Crippen molar-refractivity contribution in [3.63, 3.8) is 0 Å². The van der Waals surface area contributed by atoms with E-state index in [2.05, 4.69) is 11.9 Å². The molecule has 0 aliphatic carbocycles. The van der Waals surface area contributed by atoms with Crippen LogP contribution in [0, 0.1) is 0 Å². The molecule has 0 bridgehead atoms. The van der Waals surface area contributed by atoms with Crippen LogP contribution in [0.25, 0.3) is 0 Å². The minimum Gasteiger partial charge on any atom is -0.493 e. The number of pyridine rings is 1. The number of methoxy groups -OCH3 is 1. The Bertz CT molecular complexity index is 641. The second-order valence-electron chi connectivity index (χ2n) is 5.68. The van der Waals surface area contributed by atoms with Crippen molar-refractivity contribution in [2.45, 2.75) is 39.0 Å². The Kier molecular flexibility index (Phi) is 7.27. The van der Waals surface area contributed by atoms with E-state index >= 15 is 0 Å². The Labute approximate surface area is 143 Å². The minimum atomic E-state index is 0.0504. The number of carbonyl (C=O) groups excluding carboxylic acids is 1. The number of aryl methyl sites for hydroxylation is 1. The highest BCUT2D eigenvalue weighted by atomic mass is 16.5. The molecule has 0 spiro atoms. The zero-order valence-electron chi connectivity index (χ0n) is 14.5. The van der Waals surface area contributed by atoms with Gasteiger partial charge in [0.05, 0.1) is 13.7 Å². The van der Waals surface area contributed by atoms with Gasteiger partial charge in [0.15, 0.2) is 17.3 Å². The standard InChI is InChI=1S/C20H25NO3/c1-3-4-7-14-24-19-12-10-16(15-20(19)23-2)9-11-18(22)17-8-5-6-13-21-17/h5-6,8,10,12-13,15H,3-4,7,9,11,14H2,1-2H3. The van der Waals surface area contributed by atoms with Crippen LogP contribution in [-0.4, -0.2) is 24.5 Å². The summed E-state index contributed by atoms with van der Waals surface area (Å²) >= 11 is 0. The number of nitrogens with zero attached hydrogens (tertiary/aromatic N) is 1. The zero-order valence-corrected chi connectivity index (χ0v) is 14.5. The molecule has 2 aromatic rings. The molecule has 0 aliphatic rings. The van der Waals surface area contributed by atoms with Crippen LogP contribution in [0.15, 0.2) is 42.6 Å². The highest BCUT2D eigenvalue weighted by Crippen LogP contribution is 2.29. The van der Waals surface area contributed by atoms with E-state index in [0.717, 1.165) is 24.2 Å². The van der Waals surface area contributed by atoms with Crippen LogP contribution in [0.2, 0.25) is 0 Å². The molecule has 0 unspecified atom stereocenters. The fourth-order valence-electron chi connectivity index (χ4n) is 2.43. The van der Waals surface area contributed by atoms with E-state index in [1.54, 1.807) is 25.4 Å². The number of hydrogen-bond donors (Lipinski definition) is 0. The molecule has 0 amide bonds. The van der Waals surface area contributed by atoms with Crippen molar-refractivity contribution in [3.05, 3.63) is 53.9 Å². The van der Waals surface area contributed by atoms with Crippen LogP contribution in [-0.2, 0) is 6.42 Å². The molecule has 1 aromatic heterocycles. The maximum Gasteiger partial charge on any atom is 0.181 e. The third-order valence-corrected chi connectivity index (χ3v) is 3.82. The van der Waals surface area contributed by atoms with Gasteiger partial charge in [-0.05, 0) is 42.7 Å². The topological polar surface area (TPSA) is 48.4 Å². The molecule has 0 N–H and O–H groups in total. The molecule has 1 aromatic carbocycles. The third-order valence-electron chi connectivity index (χ3n) is 3.82. The predicted octanol–water partition coefficient (Wildman–Crippen LogP) is 4.47. The van der Waals surface area contributed by atoms with Crippen molar-refractivity contribution in [3.8, 4) is 11.5 Å². The molecule has 24 heavy (non-hydrogen) atoms. The lowest BCUT2D eigenvalue weighted by molar-refractivity contribution is 0.0978. The molecule has 0 aliphatic heterocycles. The Balaban J connectivity index is 1.92. The Morgan fingerprint density at radius 3 is 2.71 bits per heavy atom. The van der Waals surface area contributed by atoms with E-state index < -0.39 is 0 Å². The summed E-state index contributed by atoms with van der Waals surface area (Å²) in [6, 6.07) is 11.2. The van der Waals surface area contributed by atoms with Gasteiger partial charge in [0.2, 0.25) is 0 Å². The van der Waals surface area contributed by atoms with Gasteiger partial charge < -0.3 is 9.47 Å². The number of ketones is 1. The van der Waals surface area contributed by atoms with Gasteiger partial charge in [-0.3, -0.25) is 9.78 Å². The molecular formula is C20H25NO3. The number of rotatable bonds is 10. The predicted molar refractivity (Wildman–Crippen MR) is 94.9 cm³/mol.